The Morgan fingerprint density at radius 1 is 1.50 bits per heavy atom. The van der Waals surface area contributed by atoms with Crippen LogP contribution < -0.4 is 10.6 Å². The van der Waals surface area contributed by atoms with E-state index >= 15 is 0 Å². The average molecular weight is 247 g/mol. The zero-order valence-electron chi connectivity index (χ0n) is 10.9. The normalized spacial score (nSPS) is 18.8. The van der Waals surface area contributed by atoms with Gasteiger partial charge in [0.05, 0.1) is 6.10 Å². The van der Waals surface area contributed by atoms with Crippen molar-refractivity contribution in [2.75, 3.05) is 25.1 Å². The van der Waals surface area contributed by atoms with E-state index in [1.807, 2.05) is 31.3 Å². The summed E-state index contributed by atoms with van der Waals surface area (Å²) in [4.78, 5) is 2.15. The fraction of sp³-hybridized carbons (Fsp3) is 0.500. The van der Waals surface area contributed by atoms with Crippen molar-refractivity contribution in [2.24, 2.45) is 5.73 Å². The molecule has 4 nitrogen and oxygen atoms in total. The van der Waals surface area contributed by atoms with Gasteiger partial charge in [-0.15, -0.1) is 0 Å². The molecule has 1 heterocycles. The number of nitrogens with one attached hydrogen (secondary N) is 1. The zero-order chi connectivity index (χ0) is 13.0. The molecule has 2 rings (SSSR count). The van der Waals surface area contributed by atoms with Gasteiger partial charge in [0.25, 0.3) is 0 Å². The van der Waals surface area contributed by atoms with E-state index in [0.29, 0.717) is 6.10 Å². The van der Waals surface area contributed by atoms with Crippen molar-refractivity contribution in [1.82, 2.24) is 0 Å². The first-order valence-electron chi connectivity index (χ1n) is 6.44. The lowest BCUT2D eigenvalue weighted by Gasteiger charge is -2.23. The lowest BCUT2D eigenvalue weighted by Crippen LogP contribution is -2.25. The van der Waals surface area contributed by atoms with Crippen LogP contribution in [0.25, 0.3) is 0 Å². The minimum atomic E-state index is 0.120. The summed E-state index contributed by atoms with van der Waals surface area (Å²) in [5, 5.41) is 7.59. The number of nitrogens with zero attached hydrogens (tertiary/aromatic N) is 1. The van der Waals surface area contributed by atoms with Crippen molar-refractivity contribution in [2.45, 2.75) is 25.4 Å². The van der Waals surface area contributed by atoms with Gasteiger partial charge in [0.2, 0.25) is 0 Å². The van der Waals surface area contributed by atoms with Gasteiger partial charge >= 0.3 is 0 Å². The van der Waals surface area contributed by atoms with Crippen molar-refractivity contribution < 1.29 is 4.74 Å². The third-order valence-corrected chi connectivity index (χ3v) is 3.42. The second kappa shape index (κ2) is 5.87. The molecule has 1 unspecified atom stereocenters. The zero-order valence-corrected chi connectivity index (χ0v) is 10.9. The molecular formula is C14H21N3O. The number of hydrogen-bond donors (Lipinski definition) is 2. The van der Waals surface area contributed by atoms with E-state index in [-0.39, 0.29) is 5.84 Å². The molecule has 1 aliphatic heterocycles. The van der Waals surface area contributed by atoms with Crippen LogP contribution in [-0.4, -0.2) is 32.1 Å². The summed E-state index contributed by atoms with van der Waals surface area (Å²) in [6, 6.07) is 7.78. The monoisotopic (exact) mass is 247 g/mol. The third-order valence-electron chi connectivity index (χ3n) is 3.42. The van der Waals surface area contributed by atoms with Crippen LogP contribution in [0.4, 0.5) is 5.69 Å². The highest BCUT2D eigenvalue weighted by molar-refractivity contribution is 6.00. The molecule has 1 aromatic rings. The molecule has 1 fully saturated rings. The number of anilines is 1. The van der Waals surface area contributed by atoms with Gasteiger partial charge in [-0.2, -0.15) is 0 Å². The fourth-order valence-electron chi connectivity index (χ4n) is 2.36. The Labute approximate surface area is 108 Å². The number of hydrogen-bond acceptors (Lipinski definition) is 3. The summed E-state index contributed by atoms with van der Waals surface area (Å²) in [7, 11) is 2.04. The number of ether oxygens (including phenoxy) is 1. The number of amidine groups is 1. The maximum atomic E-state index is 7.59. The Bertz CT molecular complexity index is 413. The van der Waals surface area contributed by atoms with E-state index in [9.17, 15) is 0 Å². The molecule has 0 aliphatic carbocycles. The van der Waals surface area contributed by atoms with E-state index in [1.54, 1.807) is 0 Å². The second-order valence-corrected chi connectivity index (χ2v) is 4.78. The first-order valence-corrected chi connectivity index (χ1v) is 6.44. The van der Waals surface area contributed by atoms with Crippen LogP contribution in [0.2, 0.25) is 0 Å². The summed E-state index contributed by atoms with van der Waals surface area (Å²) in [5.74, 6) is 0.120. The summed E-state index contributed by atoms with van der Waals surface area (Å²) in [6.45, 7) is 1.83. The molecule has 3 N–H and O–H groups in total. The quantitative estimate of drug-likeness (QED) is 0.617. The molecule has 1 aliphatic rings. The van der Waals surface area contributed by atoms with Gasteiger partial charge in [-0.05, 0) is 31.4 Å². The van der Waals surface area contributed by atoms with Crippen LogP contribution in [0, 0.1) is 5.41 Å². The minimum Gasteiger partial charge on any atom is -0.384 e. The second-order valence-electron chi connectivity index (χ2n) is 4.78. The molecule has 1 saturated heterocycles. The Balaban J connectivity index is 1.99. The van der Waals surface area contributed by atoms with Crippen molar-refractivity contribution in [3.05, 3.63) is 29.8 Å². The van der Waals surface area contributed by atoms with Crippen LogP contribution in [-0.2, 0) is 4.74 Å². The average Bonchev–Trinajstić information content (AvgIpc) is 2.89. The van der Waals surface area contributed by atoms with E-state index in [0.717, 1.165) is 30.8 Å². The van der Waals surface area contributed by atoms with Crippen LogP contribution in [0.15, 0.2) is 24.3 Å². The van der Waals surface area contributed by atoms with Crippen LogP contribution in [0.1, 0.15) is 24.8 Å². The molecule has 4 heteroatoms. The summed E-state index contributed by atoms with van der Waals surface area (Å²) >= 11 is 0. The lowest BCUT2D eigenvalue weighted by atomic mass is 10.1. The van der Waals surface area contributed by atoms with Crippen molar-refractivity contribution in [3.63, 3.8) is 0 Å². The Morgan fingerprint density at radius 2 is 2.28 bits per heavy atom. The highest BCUT2D eigenvalue weighted by Crippen LogP contribution is 2.21. The van der Waals surface area contributed by atoms with Gasteiger partial charge in [0, 0.05) is 31.5 Å². The van der Waals surface area contributed by atoms with Gasteiger partial charge in [0.15, 0.2) is 0 Å². The van der Waals surface area contributed by atoms with Crippen molar-refractivity contribution >= 4 is 11.5 Å². The standard InChI is InChI=1S/C14H21N3O/c1-17(9-8-11-5-4-10-18-11)13-7-3-2-6-12(13)14(15)16/h2-3,6-7,11H,4-5,8-10H2,1H3,(H3,15,16). The highest BCUT2D eigenvalue weighted by Gasteiger charge is 2.16. The first-order chi connectivity index (χ1) is 8.68. The van der Waals surface area contributed by atoms with Gasteiger partial charge < -0.3 is 15.4 Å². The van der Waals surface area contributed by atoms with Gasteiger partial charge in [-0.25, -0.2) is 0 Å². The molecule has 0 radical (unpaired) electrons. The predicted octanol–water partition coefficient (Wildman–Crippen LogP) is 1.98. The number of nitrogens with two attached hydrogens (primary N) is 1. The lowest BCUT2D eigenvalue weighted by molar-refractivity contribution is 0.106. The number of nitrogen functional groups attached to an aromatic ring is 1. The highest BCUT2D eigenvalue weighted by atomic mass is 16.5. The minimum absolute atomic E-state index is 0.120. The molecule has 0 bridgehead atoms. The Kier molecular flexibility index (Phi) is 4.20. The van der Waals surface area contributed by atoms with Gasteiger partial charge in [-0.3, -0.25) is 5.41 Å². The molecule has 1 aromatic carbocycles. The summed E-state index contributed by atoms with van der Waals surface area (Å²) in [5.41, 5.74) is 7.42. The fourth-order valence-corrected chi connectivity index (χ4v) is 2.36. The van der Waals surface area contributed by atoms with Gasteiger partial charge in [0.1, 0.15) is 5.84 Å². The molecule has 98 valence electrons. The number of benzene rings is 1. The smallest absolute Gasteiger partial charge is 0.124 e. The SMILES string of the molecule is CN(CCC1CCCO1)c1ccccc1C(=N)N. The van der Waals surface area contributed by atoms with Crippen molar-refractivity contribution in [3.8, 4) is 0 Å². The van der Waals surface area contributed by atoms with E-state index < -0.39 is 0 Å². The number of para-hydroxylation sites is 1. The van der Waals surface area contributed by atoms with Crippen LogP contribution in [0.3, 0.4) is 0 Å². The Hall–Kier alpha value is -1.55. The predicted molar refractivity (Wildman–Crippen MR) is 74.3 cm³/mol. The van der Waals surface area contributed by atoms with Gasteiger partial charge in [-0.1, -0.05) is 12.1 Å². The van der Waals surface area contributed by atoms with Crippen LogP contribution >= 0.6 is 0 Å². The van der Waals surface area contributed by atoms with E-state index in [1.165, 1.54) is 12.8 Å². The molecule has 0 aromatic heterocycles. The maximum absolute atomic E-state index is 7.59. The summed E-state index contributed by atoms with van der Waals surface area (Å²) < 4.78 is 5.62. The largest absolute Gasteiger partial charge is 0.384 e. The third kappa shape index (κ3) is 3.01. The summed E-state index contributed by atoms with van der Waals surface area (Å²) in [6.07, 6.45) is 3.78. The van der Waals surface area contributed by atoms with Crippen molar-refractivity contribution in [1.29, 1.82) is 5.41 Å². The molecule has 0 saturated carbocycles. The maximum Gasteiger partial charge on any atom is 0.124 e. The Morgan fingerprint density at radius 3 is 2.94 bits per heavy atom. The molecule has 0 amide bonds. The first kappa shape index (κ1) is 12.9. The number of rotatable bonds is 5. The molecule has 0 spiro atoms. The molecule has 18 heavy (non-hydrogen) atoms. The van der Waals surface area contributed by atoms with E-state index in [4.69, 9.17) is 15.9 Å². The van der Waals surface area contributed by atoms with E-state index in [2.05, 4.69) is 4.90 Å². The topological polar surface area (TPSA) is 62.3 Å². The molecular weight excluding hydrogens is 226 g/mol. The van der Waals surface area contributed by atoms with Crippen LogP contribution in [0.5, 0.6) is 0 Å². The molecule has 1 atom stereocenters.